The Kier molecular flexibility index (Phi) is 3.80. The number of rotatable bonds is 3. The highest BCUT2D eigenvalue weighted by molar-refractivity contribution is 7.18. The average Bonchev–Trinajstić information content (AvgIpc) is 3.03. The van der Waals surface area contributed by atoms with E-state index >= 15 is 0 Å². The number of carbonyl (C=O) groups is 1. The van der Waals surface area contributed by atoms with Gasteiger partial charge in [-0.3, -0.25) is 14.2 Å². The molecular weight excluding hydrogens is 286 g/mol. The summed E-state index contributed by atoms with van der Waals surface area (Å²) < 4.78 is 1.41. The molecule has 1 aliphatic carbocycles. The minimum Gasteiger partial charge on any atom is -0.352 e. The number of aromatic nitrogens is 2. The minimum atomic E-state index is -0.122. The summed E-state index contributed by atoms with van der Waals surface area (Å²) in [6, 6.07) is 0.273. The smallest absolute Gasteiger partial charge is 0.262 e. The highest BCUT2D eigenvalue weighted by atomic mass is 32.1. The summed E-state index contributed by atoms with van der Waals surface area (Å²) in [6.07, 6.45) is 5.91. The highest BCUT2D eigenvalue weighted by Crippen LogP contribution is 2.25. The molecule has 0 bridgehead atoms. The molecule has 0 saturated heterocycles. The van der Waals surface area contributed by atoms with Gasteiger partial charge in [0.2, 0.25) is 5.91 Å². The summed E-state index contributed by atoms with van der Waals surface area (Å²) in [7, 11) is 0. The first kappa shape index (κ1) is 14.3. The standard InChI is InChI=1S/C15H19N3O2S/c1-9-10(2)21-14-13(9)15(20)18(8-16-14)7-12(19)17-11-5-3-4-6-11/h8,11H,3-7H2,1-2H3,(H,17,19). The summed E-state index contributed by atoms with van der Waals surface area (Å²) in [6.45, 7) is 3.96. The van der Waals surface area contributed by atoms with Crippen LogP contribution >= 0.6 is 11.3 Å². The molecule has 21 heavy (non-hydrogen) atoms. The van der Waals surface area contributed by atoms with E-state index in [1.807, 2.05) is 13.8 Å². The van der Waals surface area contributed by atoms with Crippen LogP contribution in [0, 0.1) is 13.8 Å². The van der Waals surface area contributed by atoms with Crippen molar-refractivity contribution in [2.24, 2.45) is 0 Å². The quantitative estimate of drug-likeness (QED) is 0.945. The third-order valence-corrected chi connectivity index (χ3v) is 5.31. The summed E-state index contributed by atoms with van der Waals surface area (Å²) in [5.74, 6) is -0.102. The van der Waals surface area contributed by atoms with E-state index in [0.717, 1.165) is 28.1 Å². The molecule has 0 radical (unpaired) electrons. The molecule has 0 atom stereocenters. The SMILES string of the molecule is Cc1sc2ncn(CC(=O)NC3CCCC3)c(=O)c2c1C. The van der Waals surface area contributed by atoms with Crippen LogP contribution in [-0.2, 0) is 11.3 Å². The normalized spacial score (nSPS) is 15.7. The summed E-state index contributed by atoms with van der Waals surface area (Å²) in [4.78, 5) is 30.7. The number of carbonyl (C=O) groups excluding carboxylic acids is 1. The number of nitrogens with zero attached hydrogens (tertiary/aromatic N) is 2. The topological polar surface area (TPSA) is 64.0 Å². The minimum absolute atomic E-state index is 0.0482. The Morgan fingerprint density at radius 2 is 2.14 bits per heavy atom. The average molecular weight is 305 g/mol. The van der Waals surface area contributed by atoms with Crippen molar-refractivity contribution in [3.8, 4) is 0 Å². The molecule has 1 aliphatic rings. The van der Waals surface area contributed by atoms with Gasteiger partial charge in [0.15, 0.2) is 0 Å². The van der Waals surface area contributed by atoms with Crippen molar-refractivity contribution in [1.29, 1.82) is 0 Å². The molecule has 2 aromatic heterocycles. The van der Waals surface area contributed by atoms with Crippen molar-refractivity contribution in [3.63, 3.8) is 0 Å². The molecule has 0 spiro atoms. The zero-order chi connectivity index (χ0) is 15.0. The molecule has 1 N–H and O–H groups in total. The highest BCUT2D eigenvalue weighted by Gasteiger charge is 2.18. The van der Waals surface area contributed by atoms with Gasteiger partial charge in [0.25, 0.3) is 5.56 Å². The molecule has 5 nitrogen and oxygen atoms in total. The lowest BCUT2D eigenvalue weighted by atomic mass is 10.2. The van der Waals surface area contributed by atoms with Crippen molar-refractivity contribution in [2.45, 2.75) is 52.1 Å². The fourth-order valence-electron chi connectivity index (χ4n) is 2.88. The van der Waals surface area contributed by atoms with Gasteiger partial charge in [0.05, 0.1) is 11.7 Å². The second-order valence-electron chi connectivity index (χ2n) is 5.69. The van der Waals surface area contributed by atoms with Crippen molar-refractivity contribution < 1.29 is 4.79 Å². The van der Waals surface area contributed by atoms with Gasteiger partial charge < -0.3 is 5.32 Å². The third kappa shape index (κ3) is 2.72. The Bertz CT molecular complexity index is 741. The molecule has 2 heterocycles. The summed E-state index contributed by atoms with van der Waals surface area (Å²) in [5.41, 5.74) is 0.849. The Labute approximate surface area is 127 Å². The summed E-state index contributed by atoms with van der Waals surface area (Å²) >= 11 is 1.52. The fraction of sp³-hybridized carbons (Fsp3) is 0.533. The zero-order valence-electron chi connectivity index (χ0n) is 12.3. The first-order chi connectivity index (χ1) is 10.1. The van der Waals surface area contributed by atoms with Crippen molar-refractivity contribution >= 4 is 27.5 Å². The Morgan fingerprint density at radius 1 is 1.43 bits per heavy atom. The van der Waals surface area contributed by atoms with Crippen LogP contribution < -0.4 is 10.9 Å². The van der Waals surface area contributed by atoms with E-state index in [2.05, 4.69) is 10.3 Å². The van der Waals surface area contributed by atoms with E-state index in [1.165, 1.54) is 35.1 Å². The van der Waals surface area contributed by atoms with E-state index < -0.39 is 0 Å². The molecular formula is C15H19N3O2S. The van der Waals surface area contributed by atoms with Crippen LogP contribution in [0.25, 0.3) is 10.2 Å². The van der Waals surface area contributed by atoms with Gasteiger partial charge in [0, 0.05) is 10.9 Å². The Morgan fingerprint density at radius 3 is 2.86 bits per heavy atom. The lowest BCUT2D eigenvalue weighted by molar-refractivity contribution is -0.122. The van der Waals surface area contributed by atoms with Crippen molar-refractivity contribution in [3.05, 3.63) is 27.1 Å². The van der Waals surface area contributed by atoms with Gasteiger partial charge in [-0.05, 0) is 32.3 Å². The number of aryl methyl sites for hydroxylation is 2. The molecule has 1 amide bonds. The number of hydrogen-bond donors (Lipinski definition) is 1. The van der Waals surface area contributed by atoms with Gasteiger partial charge in [-0.25, -0.2) is 4.98 Å². The molecule has 2 aromatic rings. The predicted octanol–water partition coefficient (Wildman–Crippen LogP) is 2.13. The van der Waals surface area contributed by atoms with Crippen molar-refractivity contribution in [1.82, 2.24) is 14.9 Å². The summed E-state index contributed by atoms with van der Waals surface area (Å²) in [5, 5.41) is 3.65. The van der Waals surface area contributed by atoms with Gasteiger partial charge >= 0.3 is 0 Å². The second-order valence-corrected chi connectivity index (χ2v) is 6.89. The van der Waals surface area contributed by atoms with Gasteiger partial charge in [-0.1, -0.05) is 12.8 Å². The van der Waals surface area contributed by atoms with Gasteiger partial charge in [-0.15, -0.1) is 11.3 Å². The number of thiophene rings is 1. The molecule has 0 aromatic carbocycles. The number of amides is 1. The molecule has 0 unspecified atom stereocenters. The van der Waals surface area contributed by atoms with Crippen LogP contribution in [0.4, 0.5) is 0 Å². The Balaban J connectivity index is 1.83. The maximum atomic E-state index is 12.5. The Hall–Kier alpha value is -1.69. The second kappa shape index (κ2) is 5.60. The predicted molar refractivity (Wildman–Crippen MR) is 83.8 cm³/mol. The maximum Gasteiger partial charge on any atom is 0.262 e. The molecule has 6 heteroatoms. The van der Waals surface area contributed by atoms with E-state index in [1.54, 1.807) is 0 Å². The maximum absolute atomic E-state index is 12.5. The molecule has 1 saturated carbocycles. The van der Waals surface area contributed by atoms with Crippen LogP contribution in [0.1, 0.15) is 36.1 Å². The largest absolute Gasteiger partial charge is 0.352 e. The fourth-order valence-corrected chi connectivity index (χ4v) is 3.87. The zero-order valence-corrected chi connectivity index (χ0v) is 13.1. The lowest BCUT2D eigenvalue weighted by Crippen LogP contribution is -2.37. The van der Waals surface area contributed by atoms with Crippen LogP contribution in [0.3, 0.4) is 0 Å². The van der Waals surface area contributed by atoms with Gasteiger partial charge in [-0.2, -0.15) is 0 Å². The molecule has 1 fully saturated rings. The third-order valence-electron chi connectivity index (χ3n) is 4.19. The van der Waals surface area contributed by atoms with Crippen LogP contribution in [-0.4, -0.2) is 21.5 Å². The van der Waals surface area contributed by atoms with E-state index in [0.29, 0.717) is 5.39 Å². The first-order valence-electron chi connectivity index (χ1n) is 7.31. The number of nitrogens with one attached hydrogen (secondary N) is 1. The van der Waals surface area contributed by atoms with E-state index in [9.17, 15) is 9.59 Å². The molecule has 112 valence electrons. The molecule has 3 rings (SSSR count). The van der Waals surface area contributed by atoms with Gasteiger partial charge in [0.1, 0.15) is 11.4 Å². The first-order valence-corrected chi connectivity index (χ1v) is 8.12. The van der Waals surface area contributed by atoms with E-state index in [4.69, 9.17) is 0 Å². The monoisotopic (exact) mass is 305 g/mol. The van der Waals surface area contributed by atoms with E-state index in [-0.39, 0.29) is 24.1 Å². The lowest BCUT2D eigenvalue weighted by Gasteiger charge is -2.12. The number of hydrogen-bond acceptors (Lipinski definition) is 4. The van der Waals surface area contributed by atoms with Crippen LogP contribution in [0.5, 0.6) is 0 Å². The molecule has 0 aliphatic heterocycles. The van der Waals surface area contributed by atoms with Crippen molar-refractivity contribution in [2.75, 3.05) is 0 Å². The van der Waals surface area contributed by atoms with Crippen LogP contribution in [0.15, 0.2) is 11.1 Å². The number of fused-ring (bicyclic) bond motifs is 1. The van der Waals surface area contributed by atoms with Crippen LogP contribution in [0.2, 0.25) is 0 Å².